The van der Waals surface area contributed by atoms with E-state index in [9.17, 15) is 19.8 Å². The number of hydrogen-bond acceptors (Lipinski definition) is 5. The van der Waals surface area contributed by atoms with Crippen LogP contribution in [0.15, 0.2) is 0 Å². The summed E-state index contributed by atoms with van der Waals surface area (Å²) in [6.45, 7) is 3.26. The largest absolute Gasteiger partial charge is 0.481 e. The number of β-amino-alcohol motifs (C(OH)–C–C–N with tert-alkyl or cyclic N) is 1. The topological polar surface area (TPSA) is 99.1 Å². The number of aliphatic carboxylic acids is 1. The number of carboxylic acid groups (broad SMARTS) is 1. The number of carboxylic acids is 1. The standard InChI is InChI=1S/C13H22N2O5/c1-2-3-15(11-7-20-6-9(11)13(18)19)12(17)10-4-8(16)5-14-10/h8-11,14,16H,2-7H2,1H3,(H,18,19). The van der Waals surface area contributed by atoms with E-state index in [0.29, 0.717) is 19.5 Å². The number of ether oxygens (including phenoxy) is 1. The van der Waals surface area contributed by atoms with Gasteiger partial charge < -0.3 is 25.2 Å². The fraction of sp³-hybridized carbons (Fsp3) is 0.846. The van der Waals surface area contributed by atoms with E-state index >= 15 is 0 Å². The minimum absolute atomic E-state index is 0.134. The Morgan fingerprint density at radius 3 is 2.70 bits per heavy atom. The fourth-order valence-corrected chi connectivity index (χ4v) is 2.87. The third kappa shape index (κ3) is 3.11. The number of amides is 1. The normalized spacial score (nSPS) is 33.3. The molecule has 2 aliphatic rings. The molecule has 4 unspecified atom stereocenters. The molecule has 2 rings (SSSR count). The number of nitrogens with zero attached hydrogens (tertiary/aromatic N) is 1. The first-order valence-corrected chi connectivity index (χ1v) is 7.07. The zero-order valence-electron chi connectivity index (χ0n) is 11.6. The lowest BCUT2D eigenvalue weighted by Gasteiger charge is -2.32. The summed E-state index contributed by atoms with van der Waals surface area (Å²) >= 11 is 0. The molecule has 3 N–H and O–H groups in total. The summed E-state index contributed by atoms with van der Waals surface area (Å²) < 4.78 is 5.25. The summed E-state index contributed by atoms with van der Waals surface area (Å²) in [6, 6.07) is -0.842. The molecular formula is C13H22N2O5. The molecule has 0 aromatic heterocycles. The molecule has 7 heteroatoms. The van der Waals surface area contributed by atoms with Gasteiger partial charge >= 0.3 is 5.97 Å². The molecule has 20 heavy (non-hydrogen) atoms. The van der Waals surface area contributed by atoms with E-state index in [1.54, 1.807) is 4.90 Å². The van der Waals surface area contributed by atoms with Gasteiger partial charge in [0, 0.05) is 13.1 Å². The maximum absolute atomic E-state index is 12.5. The third-order valence-electron chi connectivity index (χ3n) is 3.92. The zero-order valence-corrected chi connectivity index (χ0v) is 11.6. The Kier molecular flexibility index (Phi) is 4.95. The first-order valence-electron chi connectivity index (χ1n) is 7.07. The van der Waals surface area contributed by atoms with Crippen LogP contribution in [0.4, 0.5) is 0 Å². The van der Waals surface area contributed by atoms with Crippen molar-refractivity contribution in [1.29, 1.82) is 0 Å². The van der Waals surface area contributed by atoms with E-state index < -0.39 is 30.1 Å². The van der Waals surface area contributed by atoms with Crippen LogP contribution in [0.5, 0.6) is 0 Å². The zero-order chi connectivity index (χ0) is 14.7. The molecule has 0 radical (unpaired) electrons. The predicted molar refractivity (Wildman–Crippen MR) is 70.2 cm³/mol. The van der Waals surface area contributed by atoms with Crippen molar-refractivity contribution in [2.45, 2.75) is 38.0 Å². The molecule has 7 nitrogen and oxygen atoms in total. The molecule has 0 bridgehead atoms. The maximum Gasteiger partial charge on any atom is 0.311 e. The van der Waals surface area contributed by atoms with E-state index in [4.69, 9.17) is 4.74 Å². The van der Waals surface area contributed by atoms with Gasteiger partial charge in [0.1, 0.15) is 5.92 Å². The molecule has 114 valence electrons. The monoisotopic (exact) mass is 286 g/mol. The van der Waals surface area contributed by atoms with Gasteiger partial charge in [-0.1, -0.05) is 6.92 Å². The van der Waals surface area contributed by atoms with Crippen molar-refractivity contribution >= 4 is 11.9 Å². The van der Waals surface area contributed by atoms with Crippen LogP contribution in [0, 0.1) is 5.92 Å². The van der Waals surface area contributed by atoms with Crippen LogP contribution in [0.3, 0.4) is 0 Å². The number of hydrogen-bond donors (Lipinski definition) is 3. The SMILES string of the molecule is CCCN(C(=O)C1CC(O)CN1)C1COCC1C(=O)O. The van der Waals surface area contributed by atoms with E-state index in [1.165, 1.54) is 0 Å². The van der Waals surface area contributed by atoms with Crippen LogP contribution in [0.25, 0.3) is 0 Å². The number of aliphatic hydroxyl groups excluding tert-OH is 1. The Morgan fingerprint density at radius 2 is 2.15 bits per heavy atom. The smallest absolute Gasteiger partial charge is 0.311 e. The summed E-state index contributed by atoms with van der Waals surface area (Å²) in [5, 5.41) is 21.7. The van der Waals surface area contributed by atoms with Crippen molar-refractivity contribution in [3.63, 3.8) is 0 Å². The molecule has 0 saturated carbocycles. The summed E-state index contributed by atoms with van der Waals surface area (Å²) in [5.74, 6) is -1.73. The second-order valence-electron chi connectivity index (χ2n) is 5.43. The van der Waals surface area contributed by atoms with Gasteiger partial charge in [0.25, 0.3) is 0 Å². The molecule has 0 aromatic rings. The van der Waals surface area contributed by atoms with Crippen molar-refractivity contribution in [1.82, 2.24) is 10.2 Å². The predicted octanol–water partition coefficient (Wildman–Crippen LogP) is -0.953. The Hall–Kier alpha value is -1.18. The van der Waals surface area contributed by atoms with Crippen LogP contribution >= 0.6 is 0 Å². The van der Waals surface area contributed by atoms with Crippen molar-refractivity contribution in [3.8, 4) is 0 Å². The Bertz CT molecular complexity index is 376. The highest BCUT2D eigenvalue weighted by Gasteiger charge is 2.42. The average Bonchev–Trinajstić information content (AvgIpc) is 3.03. The van der Waals surface area contributed by atoms with Gasteiger partial charge in [0.2, 0.25) is 5.91 Å². The number of rotatable bonds is 5. The fourth-order valence-electron chi connectivity index (χ4n) is 2.87. The molecule has 2 heterocycles. The third-order valence-corrected chi connectivity index (χ3v) is 3.92. The lowest BCUT2D eigenvalue weighted by atomic mass is 10.0. The minimum atomic E-state index is -0.930. The van der Waals surface area contributed by atoms with Gasteiger partial charge in [-0.05, 0) is 12.8 Å². The van der Waals surface area contributed by atoms with Crippen LogP contribution in [0.1, 0.15) is 19.8 Å². The van der Waals surface area contributed by atoms with Crippen molar-refractivity contribution in [3.05, 3.63) is 0 Å². The quantitative estimate of drug-likeness (QED) is 0.602. The minimum Gasteiger partial charge on any atom is -0.481 e. The Balaban J connectivity index is 2.09. The van der Waals surface area contributed by atoms with Crippen molar-refractivity contribution in [2.75, 3.05) is 26.3 Å². The van der Waals surface area contributed by atoms with E-state index in [-0.39, 0.29) is 19.1 Å². The highest BCUT2D eigenvalue weighted by Crippen LogP contribution is 2.22. The summed E-state index contributed by atoms with van der Waals surface area (Å²) in [7, 11) is 0. The Labute approximate surface area is 117 Å². The van der Waals surface area contributed by atoms with Crippen LogP contribution in [-0.4, -0.2) is 71.5 Å². The molecule has 4 atom stereocenters. The second-order valence-corrected chi connectivity index (χ2v) is 5.43. The second kappa shape index (κ2) is 6.51. The summed E-state index contributed by atoms with van der Waals surface area (Å²) in [4.78, 5) is 25.4. The molecule has 2 saturated heterocycles. The van der Waals surface area contributed by atoms with Gasteiger partial charge in [-0.3, -0.25) is 9.59 Å². The van der Waals surface area contributed by atoms with Gasteiger partial charge in [-0.25, -0.2) is 0 Å². The van der Waals surface area contributed by atoms with Crippen molar-refractivity contribution < 1.29 is 24.5 Å². The molecule has 0 aliphatic carbocycles. The molecule has 0 spiro atoms. The van der Waals surface area contributed by atoms with Crippen LogP contribution in [0.2, 0.25) is 0 Å². The molecular weight excluding hydrogens is 264 g/mol. The molecule has 1 amide bonds. The molecule has 0 aromatic carbocycles. The highest BCUT2D eigenvalue weighted by molar-refractivity contribution is 5.83. The van der Waals surface area contributed by atoms with Crippen LogP contribution < -0.4 is 5.32 Å². The van der Waals surface area contributed by atoms with Gasteiger partial charge in [0.15, 0.2) is 0 Å². The first-order chi connectivity index (χ1) is 9.54. The Morgan fingerprint density at radius 1 is 1.40 bits per heavy atom. The van der Waals surface area contributed by atoms with Gasteiger partial charge in [-0.15, -0.1) is 0 Å². The number of carbonyl (C=O) groups excluding carboxylic acids is 1. The number of nitrogens with one attached hydrogen (secondary N) is 1. The lowest BCUT2D eigenvalue weighted by Crippen LogP contribution is -2.52. The number of carbonyl (C=O) groups is 2. The first kappa shape index (κ1) is 15.2. The van der Waals surface area contributed by atoms with Crippen molar-refractivity contribution in [2.24, 2.45) is 5.92 Å². The molecule has 2 fully saturated rings. The van der Waals surface area contributed by atoms with Crippen LogP contribution in [-0.2, 0) is 14.3 Å². The lowest BCUT2D eigenvalue weighted by molar-refractivity contribution is -0.145. The van der Waals surface area contributed by atoms with Gasteiger partial charge in [0.05, 0.1) is 31.4 Å². The average molecular weight is 286 g/mol. The van der Waals surface area contributed by atoms with E-state index in [0.717, 1.165) is 6.42 Å². The summed E-state index contributed by atoms with van der Waals surface area (Å²) in [5.41, 5.74) is 0. The highest BCUT2D eigenvalue weighted by atomic mass is 16.5. The van der Waals surface area contributed by atoms with E-state index in [2.05, 4.69) is 5.32 Å². The van der Waals surface area contributed by atoms with E-state index in [1.807, 2.05) is 6.92 Å². The summed E-state index contributed by atoms with van der Waals surface area (Å²) in [6.07, 6.45) is 0.622. The maximum atomic E-state index is 12.5. The van der Waals surface area contributed by atoms with Gasteiger partial charge in [-0.2, -0.15) is 0 Å². The number of aliphatic hydroxyl groups is 1. The molecule has 2 aliphatic heterocycles.